The highest BCUT2D eigenvalue weighted by atomic mass is 79.9. The fraction of sp³-hybridized carbons (Fsp3) is 0.200. The van der Waals surface area contributed by atoms with Crippen molar-refractivity contribution < 1.29 is 4.39 Å². The molecule has 0 saturated heterocycles. The molecule has 0 fully saturated rings. The quantitative estimate of drug-likeness (QED) is 0.732. The van der Waals surface area contributed by atoms with Gasteiger partial charge in [0.05, 0.1) is 16.1 Å². The molecule has 1 unspecified atom stereocenters. The molecule has 0 saturated carbocycles. The van der Waals surface area contributed by atoms with Crippen LogP contribution in [0.4, 0.5) is 4.39 Å². The predicted octanol–water partition coefficient (Wildman–Crippen LogP) is 5.59. The van der Waals surface area contributed by atoms with Crippen LogP contribution in [0.25, 0.3) is 0 Å². The summed E-state index contributed by atoms with van der Waals surface area (Å²) >= 11 is 15.8. The summed E-state index contributed by atoms with van der Waals surface area (Å²) in [6, 6.07) is 9.83. The van der Waals surface area contributed by atoms with Crippen molar-refractivity contribution in [3.05, 3.63) is 67.9 Å². The third kappa shape index (κ3) is 3.34. The number of benzene rings is 2. The molecule has 2 aromatic rings. The Balaban J connectivity index is 2.56. The Morgan fingerprint density at radius 1 is 1.20 bits per heavy atom. The van der Waals surface area contributed by atoms with Crippen molar-refractivity contribution in [3.8, 4) is 0 Å². The molecule has 1 atom stereocenters. The zero-order valence-electron chi connectivity index (χ0n) is 10.8. The SMILES string of the molecule is CCNC(c1cc(F)ccc1Br)c1cccc(Cl)c1Cl. The molecule has 2 rings (SSSR count). The second kappa shape index (κ2) is 6.90. The minimum absolute atomic E-state index is 0.226. The second-order valence-electron chi connectivity index (χ2n) is 4.30. The Labute approximate surface area is 136 Å². The summed E-state index contributed by atoms with van der Waals surface area (Å²) < 4.78 is 14.4. The van der Waals surface area contributed by atoms with Crippen molar-refractivity contribution in [1.82, 2.24) is 5.32 Å². The maximum atomic E-state index is 13.5. The van der Waals surface area contributed by atoms with E-state index in [2.05, 4.69) is 21.2 Å². The lowest BCUT2D eigenvalue weighted by atomic mass is 9.98. The first-order valence-corrected chi connectivity index (χ1v) is 7.71. The smallest absolute Gasteiger partial charge is 0.123 e. The van der Waals surface area contributed by atoms with E-state index in [4.69, 9.17) is 23.2 Å². The number of hydrogen-bond donors (Lipinski definition) is 1. The summed E-state index contributed by atoms with van der Waals surface area (Å²) in [6.07, 6.45) is 0. The van der Waals surface area contributed by atoms with E-state index in [0.29, 0.717) is 10.0 Å². The van der Waals surface area contributed by atoms with Crippen LogP contribution in [0, 0.1) is 5.82 Å². The van der Waals surface area contributed by atoms with Crippen LogP contribution in [0.2, 0.25) is 10.0 Å². The van der Waals surface area contributed by atoms with Gasteiger partial charge in [0.25, 0.3) is 0 Å². The first-order chi connectivity index (χ1) is 9.54. The summed E-state index contributed by atoms with van der Waals surface area (Å²) in [7, 11) is 0. The van der Waals surface area contributed by atoms with Crippen LogP contribution < -0.4 is 5.32 Å². The van der Waals surface area contributed by atoms with Crippen molar-refractivity contribution in [2.45, 2.75) is 13.0 Å². The molecule has 106 valence electrons. The maximum absolute atomic E-state index is 13.5. The largest absolute Gasteiger partial charge is 0.306 e. The van der Waals surface area contributed by atoms with Gasteiger partial charge in [0.1, 0.15) is 5.82 Å². The van der Waals surface area contributed by atoms with E-state index in [-0.39, 0.29) is 11.9 Å². The van der Waals surface area contributed by atoms with E-state index in [1.54, 1.807) is 12.1 Å². The van der Waals surface area contributed by atoms with Crippen LogP contribution in [-0.2, 0) is 0 Å². The minimum atomic E-state index is -0.288. The Kier molecular flexibility index (Phi) is 5.44. The zero-order chi connectivity index (χ0) is 14.7. The first kappa shape index (κ1) is 15.8. The summed E-state index contributed by atoms with van der Waals surface area (Å²) in [4.78, 5) is 0. The second-order valence-corrected chi connectivity index (χ2v) is 5.94. The van der Waals surface area contributed by atoms with Gasteiger partial charge in [-0.05, 0) is 41.9 Å². The Morgan fingerprint density at radius 2 is 1.95 bits per heavy atom. The standard InChI is InChI=1S/C15H13BrCl2FN/c1-2-20-15(10-4-3-5-13(17)14(10)18)11-8-9(19)6-7-12(11)16/h3-8,15,20H,2H2,1H3. The molecular formula is C15H13BrCl2FN. The molecular weight excluding hydrogens is 364 g/mol. The van der Waals surface area contributed by atoms with E-state index in [1.165, 1.54) is 12.1 Å². The molecule has 1 N–H and O–H groups in total. The summed E-state index contributed by atoms with van der Waals surface area (Å²) in [5.74, 6) is -0.288. The van der Waals surface area contributed by atoms with Crippen LogP contribution in [0.1, 0.15) is 24.1 Å². The molecule has 0 bridgehead atoms. The van der Waals surface area contributed by atoms with Crippen LogP contribution >= 0.6 is 39.1 Å². The monoisotopic (exact) mass is 375 g/mol. The van der Waals surface area contributed by atoms with Crippen molar-refractivity contribution in [2.75, 3.05) is 6.54 Å². The summed E-state index contributed by atoms with van der Waals surface area (Å²) in [6.45, 7) is 2.70. The molecule has 0 radical (unpaired) electrons. The molecule has 0 spiro atoms. The van der Waals surface area contributed by atoms with Gasteiger partial charge in [0.2, 0.25) is 0 Å². The zero-order valence-corrected chi connectivity index (χ0v) is 13.9. The molecule has 0 aromatic heterocycles. The summed E-state index contributed by atoms with van der Waals surface area (Å²) in [5.41, 5.74) is 1.61. The van der Waals surface area contributed by atoms with Gasteiger partial charge >= 0.3 is 0 Å². The van der Waals surface area contributed by atoms with Gasteiger partial charge in [-0.3, -0.25) is 0 Å². The fourth-order valence-corrected chi connectivity index (χ4v) is 2.96. The van der Waals surface area contributed by atoms with Gasteiger partial charge in [0.15, 0.2) is 0 Å². The lowest BCUT2D eigenvalue weighted by Crippen LogP contribution is -2.23. The number of nitrogens with one attached hydrogen (secondary N) is 1. The predicted molar refractivity (Wildman–Crippen MR) is 86.1 cm³/mol. The highest BCUT2D eigenvalue weighted by Crippen LogP contribution is 2.36. The van der Waals surface area contributed by atoms with Crippen LogP contribution in [0.15, 0.2) is 40.9 Å². The van der Waals surface area contributed by atoms with Crippen LogP contribution in [0.5, 0.6) is 0 Å². The average molecular weight is 377 g/mol. The topological polar surface area (TPSA) is 12.0 Å². The molecule has 0 heterocycles. The Hall–Kier alpha value is -0.610. The van der Waals surface area contributed by atoms with Gasteiger partial charge in [0, 0.05) is 4.47 Å². The molecule has 0 aliphatic rings. The van der Waals surface area contributed by atoms with Crippen molar-refractivity contribution in [1.29, 1.82) is 0 Å². The lowest BCUT2D eigenvalue weighted by molar-refractivity contribution is 0.601. The van der Waals surface area contributed by atoms with Gasteiger partial charge in [-0.25, -0.2) is 4.39 Å². The number of rotatable bonds is 4. The van der Waals surface area contributed by atoms with Crippen LogP contribution in [-0.4, -0.2) is 6.54 Å². The maximum Gasteiger partial charge on any atom is 0.123 e. The van der Waals surface area contributed by atoms with Gasteiger partial charge in [-0.1, -0.05) is 58.2 Å². The van der Waals surface area contributed by atoms with Crippen LogP contribution in [0.3, 0.4) is 0 Å². The molecule has 5 heteroatoms. The van der Waals surface area contributed by atoms with Gasteiger partial charge in [-0.2, -0.15) is 0 Å². The molecule has 0 amide bonds. The lowest BCUT2D eigenvalue weighted by Gasteiger charge is -2.22. The minimum Gasteiger partial charge on any atom is -0.306 e. The molecule has 20 heavy (non-hydrogen) atoms. The van der Waals surface area contributed by atoms with E-state index in [1.807, 2.05) is 19.1 Å². The third-order valence-corrected chi connectivity index (χ3v) is 4.53. The summed E-state index contributed by atoms with van der Waals surface area (Å²) in [5, 5.41) is 4.28. The average Bonchev–Trinajstić information content (AvgIpc) is 2.43. The van der Waals surface area contributed by atoms with E-state index in [9.17, 15) is 4.39 Å². The highest BCUT2D eigenvalue weighted by Gasteiger charge is 2.20. The molecule has 1 nitrogen and oxygen atoms in total. The molecule has 0 aliphatic heterocycles. The number of hydrogen-bond acceptors (Lipinski definition) is 1. The Morgan fingerprint density at radius 3 is 2.65 bits per heavy atom. The van der Waals surface area contributed by atoms with Crippen molar-refractivity contribution in [2.24, 2.45) is 0 Å². The van der Waals surface area contributed by atoms with Gasteiger partial charge < -0.3 is 5.32 Å². The normalized spacial score (nSPS) is 12.4. The van der Waals surface area contributed by atoms with Gasteiger partial charge in [-0.15, -0.1) is 0 Å². The fourth-order valence-electron chi connectivity index (χ4n) is 2.07. The van der Waals surface area contributed by atoms with Crippen molar-refractivity contribution >= 4 is 39.1 Å². The Bertz CT molecular complexity index is 617. The highest BCUT2D eigenvalue weighted by molar-refractivity contribution is 9.10. The third-order valence-electron chi connectivity index (χ3n) is 2.97. The first-order valence-electron chi connectivity index (χ1n) is 6.16. The van der Waals surface area contributed by atoms with Crippen molar-refractivity contribution in [3.63, 3.8) is 0 Å². The molecule has 2 aromatic carbocycles. The number of halogens is 4. The van der Waals surface area contributed by atoms with E-state index in [0.717, 1.165) is 22.1 Å². The van der Waals surface area contributed by atoms with E-state index >= 15 is 0 Å². The molecule has 0 aliphatic carbocycles. The van der Waals surface area contributed by atoms with E-state index < -0.39 is 0 Å².